The Morgan fingerprint density at radius 3 is 2.42 bits per heavy atom. The first-order chi connectivity index (χ1) is 8.89. The van der Waals surface area contributed by atoms with E-state index in [1.54, 1.807) is 7.05 Å². The lowest BCUT2D eigenvalue weighted by atomic mass is 10.3. The van der Waals surface area contributed by atoms with Crippen LogP contribution in [0.25, 0.3) is 0 Å². The van der Waals surface area contributed by atoms with Crippen LogP contribution in [0, 0.1) is 0 Å². The first-order valence-electron chi connectivity index (χ1n) is 5.84. The predicted octanol–water partition coefficient (Wildman–Crippen LogP) is 2.78. The summed E-state index contributed by atoms with van der Waals surface area (Å²) in [5, 5.41) is 4.98. The van der Waals surface area contributed by atoms with Gasteiger partial charge in [0.1, 0.15) is 17.5 Å². The highest BCUT2D eigenvalue weighted by Gasteiger charge is 2.40. The fourth-order valence-corrected chi connectivity index (χ4v) is 1.34. The zero-order valence-electron chi connectivity index (χ0n) is 10.7. The minimum Gasteiger partial charge on any atom is -0.373 e. The van der Waals surface area contributed by atoms with Gasteiger partial charge in [-0.3, -0.25) is 0 Å². The molecular weight excluding hydrogens is 264 g/mol. The summed E-state index contributed by atoms with van der Waals surface area (Å²) in [7, 11) is 1.62. The number of halogens is 4. The molecule has 0 saturated heterocycles. The van der Waals surface area contributed by atoms with Crippen molar-refractivity contribution in [1.82, 2.24) is 9.97 Å². The SMILES string of the molecule is CCCc1nc(NC)cc(NCC(F)(F)C(F)F)n1. The molecule has 108 valence electrons. The van der Waals surface area contributed by atoms with Crippen molar-refractivity contribution < 1.29 is 17.6 Å². The summed E-state index contributed by atoms with van der Waals surface area (Å²) in [6.45, 7) is 0.754. The Labute approximate surface area is 108 Å². The Bertz CT molecular complexity index is 412. The van der Waals surface area contributed by atoms with Gasteiger partial charge < -0.3 is 10.6 Å². The Kier molecular flexibility index (Phi) is 5.31. The molecule has 0 unspecified atom stereocenters. The van der Waals surface area contributed by atoms with Gasteiger partial charge in [-0.15, -0.1) is 0 Å². The van der Waals surface area contributed by atoms with Gasteiger partial charge >= 0.3 is 12.3 Å². The molecule has 1 aromatic rings. The highest BCUT2D eigenvalue weighted by Crippen LogP contribution is 2.23. The van der Waals surface area contributed by atoms with E-state index in [1.165, 1.54) is 6.07 Å². The van der Waals surface area contributed by atoms with E-state index in [4.69, 9.17) is 0 Å². The maximum absolute atomic E-state index is 12.8. The van der Waals surface area contributed by atoms with E-state index in [0.29, 0.717) is 18.1 Å². The van der Waals surface area contributed by atoms with E-state index in [-0.39, 0.29) is 5.82 Å². The third-order valence-corrected chi connectivity index (χ3v) is 2.33. The second kappa shape index (κ2) is 6.53. The maximum Gasteiger partial charge on any atom is 0.324 e. The lowest BCUT2D eigenvalue weighted by Gasteiger charge is -2.16. The Hall–Kier alpha value is -1.60. The molecule has 1 aromatic heterocycles. The number of hydrogen-bond donors (Lipinski definition) is 2. The topological polar surface area (TPSA) is 49.8 Å². The van der Waals surface area contributed by atoms with Gasteiger partial charge in [0.05, 0.1) is 6.54 Å². The van der Waals surface area contributed by atoms with Gasteiger partial charge in [-0.25, -0.2) is 18.7 Å². The third kappa shape index (κ3) is 4.53. The van der Waals surface area contributed by atoms with Crippen LogP contribution in [-0.2, 0) is 6.42 Å². The average molecular weight is 280 g/mol. The smallest absolute Gasteiger partial charge is 0.324 e. The Balaban J connectivity index is 2.80. The van der Waals surface area contributed by atoms with Crippen LogP contribution >= 0.6 is 0 Å². The minimum atomic E-state index is -4.09. The van der Waals surface area contributed by atoms with E-state index >= 15 is 0 Å². The van der Waals surface area contributed by atoms with Crippen LogP contribution in [-0.4, -0.2) is 35.9 Å². The van der Waals surface area contributed by atoms with E-state index in [0.717, 1.165) is 6.42 Å². The van der Waals surface area contributed by atoms with Gasteiger partial charge in [-0.1, -0.05) is 6.92 Å². The number of aryl methyl sites for hydroxylation is 1. The molecule has 0 spiro atoms. The number of anilines is 2. The van der Waals surface area contributed by atoms with Crippen molar-refractivity contribution in [3.8, 4) is 0 Å². The summed E-state index contributed by atoms with van der Waals surface area (Å²) < 4.78 is 49.6. The van der Waals surface area contributed by atoms with E-state index in [1.807, 2.05) is 6.92 Å². The summed E-state index contributed by atoms with van der Waals surface area (Å²) in [6.07, 6.45) is -2.34. The van der Waals surface area contributed by atoms with Gasteiger partial charge in [0.2, 0.25) is 0 Å². The normalized spacial score (nSPS) is 11.7. The fourth-order valence-electron chi connectivity index (χ4n) is 1.34. The number of rotatable bonds is 7. The molecule has 4 nitrogen and oxygen atoms in total. The molecule has 0 bridgehead atoms. The second-order valence-corrected chi connectivity index (χ2v) is 3.97. The highest BCUT2D eigenvalue weighted by atomic mass is 19.3. The summed E-state index contributed by atoms with van der Waals surface area (Å²) in [4.78, 5) is 8.12. The molecule has 1 heterocycles. The number of hydrogen-bond acceptors (Lipinski definition) is 4. The standard InChI is InChI=1S/C11H16F4N4/c1-3-4-7-18-8(16-2)5-9(19-7)17-6-11(14,15)10(12)13/h5,10H,3-4,6H2,1-2H3,(H2,16,17,18,19). The van der Waals surface area contributed by atoms with Crippen LogP contribution in [0.15, 0.2) is 6.07 Å². The summed E-state index contributed by atoms with van der Waals surface area (Å²) >= 11 is 0. The van der Waals surface area contributed by atoms with Crippen LogP contribution in [0.4, 0.5) is 29.2 Å². The zero-order chi connectivity index (χ0) is 14.5. The molecular formula is C11H16F4N4. The summed E-state index contributed by atoms with van der Waals surface area (Å²) in [5.74, 6) is -3.07. The molecule has 0 saturated carbocycles. The van der Waals surface area contributed by atoms with Crippen molar-refractivity contribution in [1.29, 1.82) is 0 Å². The molecule has 0 amide bonds. The average Bonchev–Trinajstić information content (AvgIpc) is 2.36. The van der Waals surface area contributed by atoms with Gasteiger partial charge in [0.25, 0.3) is 0 Å². The van der Waals surface area contributed by atoms with Crippen LogP contribution in [0.1, 0.15) is 19.2 Å². The molecule has 2 N–H and O–H groups in total. The van der Waals surface area contributed by atoms with Crippen LogP contribution in [0.5, 0.6) is 0 Å². The monoisotopic (exact) mass is 280 g/mol. The molecule has 0 aromatic carbocycles. The molecule has 0 atom stereocenters. The summed E-state index contributed by atoms with van der Waals surface area (Å²) in [5.41, 5.74) is 0. The largest absolute Gasteiger partial charge is 0.373 e. The third-order valence-electron chi connectivity index (χ3n) is 2.33. The van der Waals surface area contributed by atoms with Gasteiger partial charge in [-0.05, 0) is 6.42 Å². The fraction of sp³-hybridized carbons (Fsp3) is 0.636. The van der Waals surface area contributed by atoms with Gasteiger partial charge in [-0.2, -0.15) is 8.78 Å². The second-order valence-electron chi connectivity index (χ2n) is 3.97. The lowest BCUT2D eigenvalue weighted by Crippen LogP contribution is -2.35. The van der Waals surface area contributed by atoms with Crippen molar-refractivity contribution in [2.24, 2.45) is 0 Å². The van der Waals surface area contributed by atoms with Crippen LogP contribution < -0.4 is 10.6 Å². The molecule has 19 heavy (non-hydrogen) atoms. The predicted molar refractivity (Wildman–Crippen MR) is 65.0 cm³/mol. The van der Waals surface area contributed by atoms with Gasteiger partial charge in [0.15, 0.2) is 0 Å². The highest BCUT2D eigenvalue weighted by molar-refractivity contribution is 5.47. The van der Waals surface area contributed by atoms with Crippen molar-refractivity contribution in [3.63, 3.8) is 0 Å². The molecule has 0 radical (unpaired) electrons. The van der Waals surface area contributed by atoms with Crippen LogP contribution in [0.2, 0.25) is 0 Å². The number of nitrogens with one attached hydrogen (secondary N) is 2. The Morgan fingerprint density at radius 2 is 1.89 bits per heavy atom. The number of nitrogens with zero attached hydrogens (tertiary/aromatic N) is 2. The van der Waals surface area contributed by atoms with E-state index in [9.17, 15) is 17.6 Å². The molecule has 0 fully saturated rings. The van der Waals surface area contributed by atoms with E-state index in [2.05, 4.69) is 20.6 Å². The molecule has 0 aliphatic rings. The first-order valence-corrected chi connectivity index (χ1v) is 5.84. The van der Waals surface area contributed by atoms with Gasteiger partial charge in [0, 0.05) is 19.5 Å². The Morgan fingerprint density at radius 1 is 1.26 bits per heavy atom. The minimum absolute atomic E-state index is 0.100. The lowest BCUT2D eigenvalue weighted by molar-refractivity contribution is -0.117. The maximum atomic E-state index is 12.8. The summed E-state index contributed by atoms with van der Waals surface area (Å²) in [6, 6.07) is 1.39. The van der Waals surface area contributed by atoms with Crippen LogP contribution in [0.3, 0.4) is 0 Å². The molecule has 8 heteroatoms. The van der Waals surface area contributed by atoms with Crippen molar-refractivity contribution >= 4 is 11.6 Å². The number of aromatic nitrogens is 2. The van der Waals surface area contributed by atoms with Crippen molar-refractivity contribution in [3.05, 3.63) is 11.9 Å². The molecule has 1 rings (SSSR count). The van der Waals surface area contributed by atoms with E-state index < -0.39 is 18.9 Å². The number of alkyl halides is 4. The first kappa shape index (κ1) is 15.5. The van der Waals surface area contributed by atoms with Crippen molar-refractivity contribution in [2.45, 2.75) is 32.1 Å². The quantitative estimate of drug-likeness (QED) is 0.754. The molecule has 0 aliphatic heterocycles. The zero-order valence-corrected chi connectivity index (χ0v) is 10.7. The molecule has 0 aliphatic carbocycles. The van der Waals surface area contributed by atoms with Crippen molar-refractivity contribution in [2.75, 3.05) is 24.2 Å².